The van der Waals surface area contributed by atoms with E-state index >= 15 is 0 Å². The van der Waals surface area contributed by atoms with Crippen molar-refractivity contribution in [3.63, 3.8) is 0 Å². The van der Waals surface area contributed by atoms with Gasteiger partial charge >= 0.3 is 0 Å². The van der Waals surface area contributed by atoms with Crippen LogP contribution in [0.3, 0.4) is 0 Å². The van der Waals surface area contributed by atoms with Crippen molar-refractivity contribution in [1.29, 1.82) is 0 Å². The average Bonchev–Trinajstić information content (AvgIpc) is 2.96. The lowest BCUT2D eigenvalue weighted by atomic mass is 9.99. The molecule has 0 aromatic carbocycles. The highest BCUT2D eigenvalue weighted by molar-refractivity contribution is 5.49. The Morgan fingerprint density at radius 1 is 1.07 bits per heavy atom. The van der Waals surface area contributed by atoms with E-state index in [1.165, 1.54) is 35.1 Å². The number of hydrogen-bond acceptors (Lipinski definition) is 0. The third kappa shape index (κ3) is 3.54. The van der Waals surface area contributed by atoms with Crippen LogP contribution in [0.4, 0.5) is 0 Å². The summed E-state index contributed by atoms with van der Waals surface area (Å²) in [6.45, 7) is 10.9. The Morgan fingerprint density at radius 2 is 1.67 bits per heavy atom. The monoisotopic (exact) mass is 202 g/mol. The molecule has 0 saturated heterocycles. The predicted octanol–water partition coefficient (Wildman–Crippen LogP) is 4.96. The molecule has 0 radical (unpaired) electrons. The van der Waals surface area contributed by atoms with E-state index in [2.05, 4.69) is 52.8 Å². The summed E-state index contributed by atoms with van der Waals surface area (Å²) in [7, 11) is 0. The summed E-state index contributed by atoms with van der Waals surface area (Å²) < 4.78 is 0. The molecule has 0 bridgehead atoms. The van der Waals surface area contributed by atoms with E-state index in [0.717, 1.165) is 0 Å². The molecule has 0 spiro atoms. The smallest absolute Gasteiger partial charge is 0.0239 e. The normalized spacial score (nSPS) is 15.8. The first kappa shape index (κ1) is 12.0. The zero-order chi connectivity index (χ0) is 11.4. The molecule has 0 nitrogen and oxygen atoms in total. The Morgan fingerprint density at radius 3 is 2.07 bits per heavy atom. The van der Waals surface area contributed by atoms with Crippen LogP contribution in [0.5, 0.6) is 0 Å². The van der Waals surface area contributed by atoms with Gasteiger partial charge in [0.25, 0.3) is 0 Å². The number of hydrogen-bond donors (Lipinski definition) is 0. The van der Waals surface area contributed by atoms with Crippen LogP contribution >= 0.6 is 0 Å². The van der Waals surface area contributed by atoms with Crippen molar-refractivity contribution in [3.05, 3.63) is 46.1 Å². The molecule has 0 heteroatoms. The molecule has 0 N–H and O–H groups in total. The van der Waals surface area contributed by atoms with Crippen LogP contribution in [0.1, 0.15) is 47.5 Å². The van der Waals surface area contributed by atoms with Gasteiger partial charge in [-0.1, -0.05) is 34.9 Å². The summed E-state index contributed by atoms with van der Waals surface area (Å²) >= 11 is 0. The lowest BCUT2D eigenvalue weighted by Crippen LogP contribution is -1.87. The van der Waals surface area contributed by atoms with Crippen molar-refractivity contribution in [2.24, 2.45) is 0 Å². The molecule has 0 aromatic rings. The summed E-state index contributed by atoms with van der Waals surface area (Å²) in [4.78, 5) is 0. The molecule has 1 saturated carbocycles. The second-order valence-corrected chi connectivity index (χ2v) is 4.53. The summed E-state index contributed by atoms with van der Waals surface area (Å²) in [5.41, 5.74) is 7.30. The molecule has 0 atom stereocenters. The summed E-state index contributed by atoms with van der Waals surface area (Å²) in [6, 6.07) is 0. The van der Waals surface area contributed by atoms with Gasteiger partial charge in [-0.15, -0.1) is 0 Å². The first-order valence-electron chi connectivity index (χ1n) is 5.73. The first-order valence-corrected chi connectivity index (χ1v) is 5.73. The maximum Gasteiger partial charge on any atom is -0.0239 e. The molecule has 1 fully saturated rings. The molecule has 1 aliphatic carbocycles. The van der Waals surface area contributed by atoms with Crippen LogP contribution < -0.4 is 0 Å². The van der Waals surface area contributed by atoms with Crippen molar-refractivity contribution in [2.45, 2.75) is 47.5 Å². The highest BCUT2D eigenvalue weighted by atomic mass is 14.2. The summed E-state index contributed by atoms with van der Waals surface area (Å²) in [5.74, 6) is 0. The van der Waals surface area contributed by atoms with Crippen molar-refractivity contribution in [3.8, 4) is 0 Å². The predicted molar refractivity (Wildman–Crippen MR) is 68.9 cm³/mol. The van der Waals surface area contributed by atoms with Crippen LogP contribution in [0, 0.1) is 0 Å². The van der Waals surface area contributed by atoms with Crippen molar-refractivity contribution >= 4 is 0 Å². The largest absolute Gasteiger partial charge is 0.0874 e. The summed E-state index contributed by atoms with van der Waals surface area (Å²) in [5, 5.41) is 0. The van der Waals surface area contributed by atoms with Crippen LogP contribution in [-0.2, 0) is 0 Å². The average molecular weight is 202 g/mol. The number of allylic oxidation sites excluding steroid dienone is 8. The lowest BCUT2D eigenvalue weighted by Gasteiger charge is -2.06. The molecular weight excluding hydrogens is 180 g/mol. The van der Waals surface area contributed by atoms with Gasteiger partial charge in [-0.3, -0.25) is 0 Å². The third-order valence-corrected chi connectivity index (χ3v) is 2.77. The zero-order valence-electron chi connectivity index (χ0n) is 10.6. The van der Waals surface area contributed by atoms with Gasteiger partial charge in [-0.25, -0.2) is 0 Å². The van der Waals surface area contributed by atoms with E-state index in [1.807, 2.05) is 0 Å². The Kier molecular flexibility index (Phi) is 4.14. The molecule has 15 heavy (non-hydrogen) atoms. The van der Waals surface area contributed by atoms with Gasteiger partial charge in [0.05, 0.1) is 0 Å². The number of rotatable bonds is 3. The van der Waals surface area contributed by atoms with Crippen molar-refractivity contribution < 1.29 is 0 Å². The van der Waals surface area contributed by atoms with Gasteiger partial charge in [-0.2, -0.15) is 0 Å². The highest BCUT2D eigenvalue weighted by Crippen LogP contribution is 2.35. The van der Waals surface area contributed by atoms with E-state index in [9.17, 15) is 0 Å². The van der Waals surface area contributed by atoms with E-state index in [4.69, 9.17) is 0 Å². The van der Waals surface area contributed by atoms with Crippen molar-refractivity contribution in [2.75, 3.05) is 0 Å². The molecule has 0 heterocycles. The van der Waals surface area contributed by atoms with E-state index in [-0.39, 0.29) is 0 Å². The van der Waals surface area contributed by atoms with Gasteiger partial charge < -0.3 is 0 Å². The molecular formula is C15H22. The van der Waals surface area contributed by atoms with Crippen LogP contribution in [0.25, 0.3) is 0 Å². The third-order valence-electron chi connectivity index (χ3n) is 2.77. The van der Waals surface area contributed by atoms with Gasteiger partial charge in [-0.05, 0) is 58.6 Å². The van der Waals surface area contributed by atoms with Gasteiger partial charge in [0.15, 0.2) is 0 Å². The second-order valence-electron chi connectivity index (χ2n) is 4.53. The SMILES string of the molecule is CC=CC(C)=CC(=C(C)C)C(C)=C1CC1. The molecule has 1 aliphatic rings. The molecule has 1 rings (SSSR count). The van der Waals surface area contributed by atoms with Crippen LogP contribution in [-0.4, -0.2) is 0 Å². The van der Waals surface area contributed by atoms with Crippen LogP contribution in [0.2, 0.25) is 0 Å². The van der Waals surface area contributed by atoms with E-state index < -0.39 is 0 Å². The molecule has 0 aliphatic heterocycles. The fraction of sp³-hybridized carbons (Fsp3) is 0.467. The quantitative estimate of drug-likeness (QED) is 0.568. The molecule has 0 aromatic heterocycles. The lowest BCUT2D eigenvalue weighted by molar-refractivity contribution is 1.26. The maximum absolute atomic E-state index is 2.30. The van der Waals surface area contributed by atoms with E-state index in [0.29, 0.717) is 0 Å². The minimum Gasteiger partial charge on any atom is -0.0874 e. The molecule has 82 valence electrons. The van der Waals surface area contributed by atoms with Gasteiger partial charge in [0.2, 0.25) is 0 Å². The highest BCUT2D eigenvalue weighted by Gasteiger charge is 2.16. The van der Waals surface area contributed by atoms with Gasteiger partial charge in [0.1, 0.15) is 0 Å². The molecule has 0 unspecified atom stereocenters. The maximum atomic E-state index is 2.30. The Labute approximate surface area is 94.1 Å². The minimum atomic E-state index is 1.30. The van der Waals surface area contributed by atoms with Crippen LogP contribution in [0.15, 0.2) is 46.1 Å². The molecule has 0 amide bonds. The van der Waals surface area contributed by atoms with E-state index in [1.54, 1.807) is 5.57 Å². The standard InChI is InChI=1S/C15H22/c1-6-7-12(4)10-15(11(2)3)13(5)14-8-9-14/h6-7,10H,8-9H2,1-5H3. The first-order chi connectivity index (χ1) is 7.06. The Balaban J connectivity index is 3.01. The Bertz CT molecular complexity index is 349. The topological polar surface area (TPSA) is 0 Å². The minimum absolute atomic E-state index is 1.30. The summed E-state index contributed by atoms with van der Waals surface area (Å²) in [6.07, 6.45) is 9.16. The fourth-order valence-electron chi connectivity index (χ4n) is 1.79. The fourth-order valence-corrected chi connectivity index (χ4v) is 1.79. The second kappa shape index (κ2) is 5.16. The Hall–Kier alpha value is -1.04. The zero-order valence-corrected chi connectivity index (χ0v) is 10.6. The van der Waals surface area contributed by atoms with Gasteiger partial charge in [0, 0.05) is 0 Å². The van der Waals surface area contributed by atoms with Crippen molar-refractivity contribution in [1.82, 2.24) is 0 Å².